The first-order valence-electron chi connectivity index (χ1n) is 6.13. The molecule has 0 aliphatic carbocycles. The summed E-state index contributed by atoms with van der Waals surface area (Å²) in [6, 6.07) is 0. The third kappa shape index (κ3) is 7.15. The number of nitrogens with zero attached hydrogens (tertiary/aromatic N) is 6. The first-order chi connectivity index (χ1) is 9.45. The monoisotopic (exact) mass is 288 g/mol. The second kappa shape index (κ2) is 9.38. The van der Waals surface area contributed by atoms with Gasteiger partial charge in [0.15, 0.2) is 0 Å². The average Bonchev–Trinajstić information content (AvgIpc) is 2.36. The van der Waals surface area contributed by atoms with Gasteiger partial charge < -0.3 is 18.9 Å². The van der Waals surface area contributed by atoms with Crippen molar-refractivity contribution in [2.75, 3.05) is 26.4 Å². The molecule has 0 spiro atoms. The Kier molecular flexibility index (Phi) is 8.66. The van der Waals surface area contributed by atoms with Crippen molar-refractivity contribution in [1.29, 1.82) is 0 Å². The summed E-state index contributed by atoms with van der Waals surface area (Å²) in [7, 11) is 0. The van der Waals surface area contributed by atoms with Crippen LogP contribution in [0.5, 0.6) is 0 Å². The molecule has 0 saturated carbocycles. The van der Waals surface area contributed by atoms with Crippen molar-refractivity contribution in [3.05, 3.63) is 20.9 Å². The predicted molar refractivity (Wildman–Crippen MR) is 70.3 cm³/mol. The van der Waals surface area contributed by atoms with Crippen LogP contribution in [0.3, 0.4) is 0 Å². The van der Waals surface area contributed by atoms with Gasteiger partial charge >= 0.3 is 0 Å². The molecule has 0 radical (unpaired) electrons. The molecule has 10 nitrogen and oxygen atoms in total. The Hall–Kier alpha value is -1.54. The summed E-state index contributed by atoms with van der Waals surface area (Å²) in [5.41, 5.74) is 16.9. The summed E-state index contributed by atoms with van der Waals surface area (Å²) in [5, 5.41) is 6.84. The summed E-state index contributed by atoms with van der Waals surface area (Å²) in [4.78, 5) is 5.31. The van der Waals surface area contributed by atoms with Gasteiger partial charge in [0.25, 0.3) is 0 Å². The molecule has 0 amide bonds. The van der Waals surface area contributed by atoms with Crippen LogP contribution in [0.2, 0.25) is 0 Å². The van der Waals surface area contributed by atoms with Crippen LogP contribution in [0.4, 0.5) is 0 Å². The van der Waals surface area contributed by atoms with Crippen LogP contribution in [0.25, 0.3) is 20.9 Å². The Balaban J connectivity index is 4.34. The molecule has 0 aliphatic heterocycles. The van der Waals surface area contributed by atoms with E-state index in [1.54, 1.807) is 13.8 Å². The van der Waals surface area contributed by atoms with Gasteiger partial charge in [-0.05, 0) is 49.0 Å². The Morgan fingerprint density at radius 1 is 0.800 bits per heavy atom. The molecule has 20 heavy (non-hydrogen) atoms. The minimum absolute atomic E-state index is 0.0686. The molecule has 0 N–H and O–H groups in total. The highest BCUT2D eigenvalue weighted by atomic mass is 16.7. The highest BCUT2D eigenvalue weighted by molar-refractivity contribution is 4.62. The van der Waals surface area contributed by atoms with E-state index in [0.717, 1.165) is 0 Å². The molecular weight excluding hydrogens is 268 g/mol. The zero-order valence-corrected chi connectivity index (χ0v) is 12.1. The van der Waals surface area contributed by atoms with Gasteiger partial charge in [0.05, 0.1) is 13.2 Å². The summed E-state index contributed by atoms with van der Waals surface area (Å²) in [6.45, 7) is 7.27. The summed E-state index contributed by atoms with van der Waals surface area (Å²) >= 11 is 0. The van der Waals surface area contributed by atoms with Gasteiger partial charge in [0, 0.05) is 23.0 Å². The van der Waals surface area contributed by atoms with Gasteiger partial charge in [-0.15, -0.1) is 0 Å². The van der Waals surface area contributed by atoms with Crippen molar-refractivity contribution in [3.63, 3.8) is 0 Å². The largest absolute Gasteiger partial charge is 0.346 e. The van der Waals surface area contributed by atoms with Gasteiger partial charge in [-0.25, -0.2) is 0 Å². The number of hydrogen-bond acceptors (Lipinski definition) is 6. The Labute approximate surface area is 117 Å². The SMILES string of the molecule is CCOC(C)(N=[N+]=[N-])OCCOC(C)(N=[N+]=[N-])OCC. The van der Waals surface area contributed by atoms with Crippen LogP contribution in [0, 0.1) is 0 Å². The van der Waals surface area contributed by atoms with Gasteiger partial charge in [0.1, 0.15) is 0 Å². The minimum atomic E-state index is -1.40. The lowest BCUT2D eigenvalue weighted by atomic mass is 10.5. The molecule has 0 aromatic heterocycles. The summed E-state index contributed by atoms with van der Waals surface area (Å²) < 4.78 is 21.0. The maximum absolute atomic E-state index is 8.45. The standard InChI is InChI=1S/C10H20N6O4/c1-5-17-9(3,13-15-11)19-7-8-20-10(4,14-16-12)18-6-2/h5-8H2,1-4H3. The highest BCUT2D eigenvalue weighted by Gasteiger charge is 2.26. The predicted octanol–water partition coefficient (Wildman–Crippen LogP) is 3.06. The topological polar surface area (TPSA) is 134 Å². The molecule has 0 heterocycles. The van der Waals surface area contributed by atoms with E-state index in [4.69, 9.17) is 30.0 Å². The molecule has 2 atom stereocenters. The molecular formula is C10H20N6O4. The molecule has 0 rings (SSSR count). The second-order valence-corrected chi connectivity index (χ2v) is 3.74. The van der Waals surface area contributed by atoms with Crippen molar-refractivity contribution >= 4 is 0 Å². The fraction of sp³-hybridized carbons (Fsp3) is 1.00. The van der Waals surface area contributed by atoms with E-state index in [0.29, 0.717) is 13.2 Å². The van der Waals surface area contributed by atoms with Crippen LogP contribution in [-0.4, -0.2) is 38.2 Å². The van der Waals surface area contributed by atoms with Gasteiger partial charge in [-0.3, -0.25) is 0 Å². The lowest BCUT2D eigenvalue weighted by Crippen LogP contribution is -2.34. The lowest BCUT2D eigenvalue weighted by Gasteiger charge is -2.27. The molecule has 0 aliphatic rings. The highest BCUT2D eigenvalue weighted by Crippen LogP contribution is 2.17. The molecule has 0 saturated heterocycles. The van der Waals surface area contributed by atoms with Crippen LogP contribution < -0.4 is 0 Å². The van der Waals surface area contributed by atoms with Crippen LogP contribution in [0.15, 0.2) is 10.2 Å². The van der Waals surface area contributed by atoms with Crippen molar-refractivity contribution in [2.24, 2.45) is 10.2 Å². The maximum atomic E-state index is 8.45. The van der Waals surface area contributed by atoms with Crippen LogP contribution in [-0.2, 0) is 18.9 Å². The third-order valence-corrected chi connectivity index (χ3v) is 2.10. The number of azide groups is 2. The van der Waals surface area contributed by atoms with Crippen molar-refractivity contribution in [3.8, 4) is 0 Å². The van der Waals surface area contributed by atoms with E-state index in [1.165, 1.54) is 13.8 Å². The number of hydrogen-bond donors (Lipinski definition) is 0. The zero-order chi connectivity index (χ0) is 15.5. The molecule has 114 valence electrons. The van der Waals surface area contributed by atoms with E-state index in [-0.39, 0.29) is 13.2 Å². The normalized spacial score (nSPS) is 16.4. The average molecular weight is 288 g/mol. The quantitative estimate of drug-likeness (QED) is 0.190. The van der Waals surface area contributed by atoms with E-state index in [2.05, 4.69) is 20.1 Å². The van der Waals surface area contributed by atoms with Crippen LogP contribution in [0.1, 0.15) is 27.7 Å². The Morgan fingerprint density at radius 3 is 1.40 bits per heavy atom. The fourth-order valence-electron chi connectivity index (χ4n) is 1.36. The summed E-state index contributed by atoms with van der Waals surface area (Å²) in [5.74, 6) is -2.79. The van der Waals surface area contributed by atoms with E-state index >= 15 is 0 Å². The van der Waals surface area contributed by atoms with Gasteiger partial charge in [-0.1, -0.05) is 0 Å². The minimum Gasteiger partial charge on any atom is -0.346 e. The van der Waals surface area contributed by atoms with Crippen molar-refractivity contribution in [1.82, 2.24) is 0 Å². The van der Waals surface area contributed by atoms with E-state index in [9.17, 15) is 0 Å². The third-order valence-electron chi connectivity index (χ3n) is 2.10. The van der Waals surface area contributed by atoms with Crippen LogP contribution >= 0.6 is 0 Å². The summed E-state index contributed by atoms with van der Waals surface area (Å²) in [6.07, 6.45) is 0. The van der Waals surface area contributed by atoms with Crippen molar-refractivity contribution < 1.29 is 18.9 Å². The maximum Gasteiger partial charge on any atom is 0.246 e. The molecule has 10 heteroatoms. The van der Waals surface area contributed by atoms with E-state index < -0.39 is 11.8 Å². The Morgan fingerprint density at radius 2 is 1.15 bits per heavy atom. The number of rotatable bonds is 11. The van der Waals surface area contributed by atoms with Crippen molar-refractivity contribution in [2.45, 2.75) is 39.5 Å². The molecule has 0 aromatic carbocycles. The van der Waals surface area contributed by atoms with E-state index in [1.807, 2.05) is 0 Å². The second-order valence-electron chi connectivity index (χ2n) is 3.74. The van der Waals surface area contributed by atoms with Gasteiger partial charge in [-0.2, -0.15) is 0 Å². The fourth-order valence-corrected chi connectivity index (χ4v) is 1.36. The lowest BCUT2D eigenvalue weighted by molar-refractivity contribution is -0.253. The Bertz CT molecular complexity index is 346. The van der Waals surface area contributed by atoms with Gasteiger partial charge in [0.2, 0.25) is 11.8 Å². The first kappa shape index (κ1) is 18.5. The molecule has 0 bridgehead atoms. The first-order valence-corrected chi connectivity index (χ1v) is 6.13. The molecule has 2 unspecified atom stereocenters. The smallest absolute Gasteiger partial charge is 0.246 e. The zero-order valence-electron chi connectivity index (χ0n) is 12.1. The molecule has 0 aromatic rings. The molecule has 0 fully saturated rings. The number of ether oxygens (including phenoxy) is 4.